The van der Waals surface area contributed by atoms with Crippen molar-refractivity contribution in [2.24, 2.45) is 5.92 Å². The van der Waals surface area contributed by atoms with Gasteiger partial charge in [0.15, 0.2) is 5.82 Å². The SMILES string of the molecule is Cc1cc(NC(=O)CN(CCC(C)C)C(=O)C(c2ccccc2)c2ccccc2)no1. The minimum absolute atomic E-state index is 0.0480. The lowest BCUT2D eigenvalue weighted by atomic mass is 9.90. The molecule has 0 bridgehead atoms. The molecule has 0 aliphatic rings. The summed E-state index contributed by atoms with van der Waals surface area (Å²) >= 11 is 0. The van der Waals surface area contributed by atoms with Gasteiger partial charge in [-0.25, -0.2) is 0 Å². The summed E-state index contributed by atoms with van der Waals surface area (Å²) in [7, 11) is 0. The van der Waals surface area contributed by atoms with Crippen LogP contribution in [0.5, 0.6) is 0 Å². The number of aromatic nitrogens is 1. The molecule has 31 heavy (non-hydrogen) atoms. The summed E-state index contributed by atoms with van der Waals surface area (Å²) in [6.45, 7) is 6.41. The third kappa shape index (κ3) is 6.28. The number of carbonyl (C=O) groups is 2. The second-order valence-electron chi connectivity index (χ2n) is 8.07. The van der Waals surface area contributed by atoms with Crippen molar-refractivity contribution in [2.45, 2.75) is 33.1 Å². The quantitative estimate of drug-likeness (QED) is 0.549. The van der Waals surface area contributed by atoms with Crippen LogP contribution in [0.3, 0.4) is 0 Å². The molecule has 2 amide bonds. The van der Waals surface area contributed by atoms with Crippen molar-refractivity contribution in [3.8, 4) is 0 Å². The van der Waals surface area contributed by atoms with Crippen molar-refractivity contribution in [3.63, 3.8) is 0 Å². The Morgan fingerprint density at radius 1 is 1.00 bits per heavy atom. The highest BCUT2D eigenvalue weighted by Crippen LogP contribution is 2.27. The molecule has 3 rings (SSSR count). The van der Waals surface area contributed by atoms with Crippen molar-refractivity contribution in [1.82, 2.24) is 10.1 Å². The minimum Gasteiger partial charge on any atom is -0.360 e. The third-order valence-corrected chi connectivity index (χ3v) is 5.03. The van der Waals surface area contributed by atoms with Gasteiger partial charge in [-0.2, -0.15) is 0 Å². The number of aryl methyl sites for hydroxylation is 1. The molecule has 0 spiro atoms. The number of amides is 2. The van der Waals surface area contributed by atoms with Crippen LogP contribution in [-0.4, -0.2) is 35.0 Å². The van der Waals surface area contributed by atoms with Gasteiger partial charge in [-0.15, -0.1) is 0 Å². The average molecular weight is 420 g/mol. The number of anilines is 1. The topological polar surface area (TPSA) is 75.4 Å². The number of hydrogen-bond donors (Lipinski definition) is 1. The molecule has 0 unspecified atom stereocenters. The number of hydrogen-bond acceptors (Lipinski definition) is 4. The van der Waals surface area contributed by atoms with Crippen molar-refractivity contribution in [2.75, 3.05) is 18.4 Å². The van der Waals surface area contributed by atoms with Gasteiger partial charge in [-0.05, 0) is 30.4 Å². The van der Waals surface area contributed by atoms with E-state index >= 15 is 0 Å². The van der Waals surface area contributed by atoms with E-state index in [-0.39, 0.29) is 18.4 Å². The Hall–Kier alpha value is -3.41. The summed E-state index contributed by atoms with van der Waals surface area (Å²) in [6, 6.07) is 21.0. The second-order valence-corrected chi connectivity index (χ2v) is 8.07. The predicted molar refractivity (Wildman–Crippen MR) is 121 cm³/mol. The van der Waals surface area contributed by atoms with E-state index in [1.807, 2.05) is 60.7 Å². The van der Waals surface area contributed by atoms with E-state index in [1.54, 1.807) is 17.9 Å². The van der Waals surface area contributed by atoms with Gasteiger partial charge in [-0.1, -0.05) is 79.7 Å². The van der Waals surface area contributed by atoms with Crippen LogP contribution in [0.4, 0.5) is 5.82 Å². The molecule has 1 aromatic heterocycles. The molecule has 3 aromatic rings. The van der Waals surface area contributed by atoms with E-state index < -0.39 is 5.92 Å². The average Bonchev–Trinajstić information content (AvgIpc) is 3.17. The first-order valence-corrected chi connectivity index (χ1v) is 10.6. The standard InChI is InChI=1S/C25H29N3O3/c1-18(2)14-15-28(17-23(29)26-22-16-19(3)31-27-22)25(30)24(20-10-6-4-7-11-20)21-12-8-5-9-13-21/h4-13,16,18,24H,14-15,17H2,1-3H3,(H,26,27,29). The molecule has 0 atom stereocenters. The Bertz CT molecular complexity index is 944. The van der Waals surface area contributed by atoms with E-state index in [0.717, 1.165) is 17.5 Å². The van der Waals surface area contributed by atoms with Gasteiger partial charge in [0, 0.05) is 12.6 Å². The van der Waals surface area contributed by atoms with Gasteiger partial charge in [0.1, 0.15) is 5.76 Å². The van der Waals surface area contributed by atoms with Gasteiger partial charge in [0.25, 0.3) is 0 Å². The first-order chi connectivity index (χ1) is 14.9. The van der Waals surface area contributed by atoms with Crippen LogP contribution in [0, 0.1) is 12.8 Å². The third-order valence-electron chi connectivity index (χ3n) is 5.03. The smallest absolute Gasteiger partial charge is 0.245 e. The molecule has 0 saturated carbocycles. The molecule has 0 aliphatic heterocycles. The summed E-state index contributed by atoms with van der Waals surface area (Å²) in [5.41, 5.74) is 1.81. The first kappa shape index (κ1) is 22.3. The van der Waals surface area contributed by atoms with Gasteiger partial charge >= 0.3 is 0 Å². The van der Waals surface area contributed by atoms with E-state index in [9.17, 15) is 9.59 Å². The summed E-state index contributed by atoms with van der Waals surface area (Å²) in [6.07, 6.45) is 0.804. The van der Waals surface area contributed by atoms with Gasteiger partial charge in [-0.3, -0.25) is 9.59 Å². The zero-order valence-electron chi connectivity index (χ0n) is 18.2. The van der Waals surface area contributed by atoms with Crippen molar-refractivity contribution in [1.29, 1.82) is 0 Å². The van der Waals surface area contributed by atoms with Crippen LogP contribution in [0.1, 0.15) is 43.1 Å². The molecule has 0 aliphatic carbocycles. The van der Waals surface area contributed by atoms with Crippen LogP contribution in [0.2, 0.25) is 0 Å². The molecule has 2 aromatic carbocycles. The number of benzene rings is 2. The maximum atomic E-state index is 13.8. The highest BCUT2D eigenvalue weighted by Gasteiger charge is 2.29. The zero-order valence-corrected chi connectivity index (χ0v) is 18.2. The molecule has 6 nitrogen and oxygen atoms in total. The fourth-order valence-corrected chi connectivity index (χ4v) is 3.41. The van der Waals surface area contributed by atoms with E-state index in [4.69, 9.17) is 4.52 Å². The number of rotatable bonds is 9. The summed E-state index contributed by atoms with van der Waals surface area (Å²) in [5, 5.41) is 6.52. The van der Waals surface area contributed by atoms with Gasteiger partial charge < -0.3 is 14.7 Å². The largest absolute Gasteiger partial charge is 0.360 e. The molecular formula is C25H29N3O3. The summed E-state index contributed by atoms with van der Waals surface area (Å²) in [4.78, 5) is 28.1. The lowest BCUT2D eigenvalue weighted by molar-refractivity contribution is -0.135. The van der Waals surface area contributed by atoms with Crippen molar-refractivity contribution in [3.05, 3.63) is 83.6 Å². The van der Waals surface area contributed by atoms with Crippen LogP contribution >= 0.6 is 0 Å². The fraction of sp³-hybridized carbons (Fsp3) is 0.320. The predicted octanol–water partition coefficient (Wildman–Crippen LogP) is 4.63. The molecule has 1 N–H and O–H groups in total. The monoisotopic (exact) mass is 419 g/mol. The minimum atomic E-state index is -0.475. The van der Waals surface area contributed by atoms with E-state index in [0.29, 0.717) is 24.0 Å². The zero-order chi connectivity index (χ0) is 22.2. The van der Waals surface area contributed by atoms with E-state index in [1.165, 1.54) is 0 Å². The highest BCUT2D eigenvalue weighted by molar-refractivity contribution is 5.95. The number of carbonyl (C=O) groups excluding carboxylic acids is 2. The molecule has 0 radical (unpaired) electrons. The van der Waals surface area contributed by atoms with Gasteiger partial charge in [0.05, 0.1) is 12.5 Å². The Kier molecular flexibility index (Phi) is 7.60. The van der Waals surface area contributed by atoms with Crippen molar-refractivity contribution >= 4 is 17.6 Å². The highest BCUT2D eigenvalue weighted by atomic mass is 16.5. The molecular weight excluding hydrogens is 390 g/mol. The van der Waals surface area contributed by atoms with E-state index in [2.05, 4.69) is 24.3 Å². The Morgan fingerprint density at radius 2 is 1.58 bits per heavy atom. The van der Waals surface area contributed by atoms with Crippen LogP contribution in [0.15, 0.2) is 71.3 Å². The Labute approximate surface area is 183 Å². The van der Waals surface area contributed by atoms with Crippen molar-refractivity contribution < 1.29 is 14.1 Å². The van der Waals surface area contributed by atoms with Crippen LogP contribution < -0.4 is 5.32 Å². The summed E-state index contributed by atoms with van der Waals surface area (Å²) < 4.78 is 5.01. The number of nitrogens with one attached hydrogen (secondary N) is 1. The second kappa shape index (κ2) is 10.6. The maximum Gasteiger partial charge on any atom is 0.245 e. The molecule has 0 fully saturated rings. The molecule has 0 saturated heterocycles. The Morgan fingerprint density at radius 3 is 2.06 bits per heavy atom. The van der Waals surface area contributed by atoms with Gasteiger partial charge in [0.2, 0.25) is 11.8 Å². The molecule has 1 heterocycles. The van der Waals surface area contributed by atoms with Crippen LogP contribution in [0.25, 0.3) is 0 Å². The lowest BCUT2D eigenvalue weighted by Crippen LogP contribution is -2.42. The molecule has 6 heteroatoms. The lowest BCUT2D eigenvalue weighted by Gasteiger charge is -2.28. The maximum absolute atomic E-state index is 13.8. The normalized spacial score (nSPS) is 11.0. The number of nitrogens with zero attached hydrogens (tertiary/aromatic N) is 2. The fourth-order valence-electron chi connectivity index (χ4n) is 3.41. The first-order valence-electron chi connectivity index (χ1n) is 10.6. The Balaban J connectivity index is 1.86. The molecule has 162 valence electrons. The van der Waals surface area contributed by atoms with Crippen LogP contribution in [-0.2, 0) is 9.59 Å². The summed E-state index contributed by atoms with van der Waals surface area (Å²) in [5.74, 6) is 0.493.